The van der Waals surface area contributed by atoms with E-state index in [0.717, 1.165) is 5.69 Å². The number of anilines is 1. The first-order valence-corrected chi connectivity index (χ1v) is 11.0. The molecule has 9 heteroatoms. The van der Waals surface area contributed by atoms with Gasteiger partial charge in [-0.1, -0.05) is 35.3 Å². The summed E-state index contributed by atoms with van der Waals surface area (Å²) in [5.41, 5.74) is 2.29. The first kappa shape index (κ1) is 22.4. The molecule has 1 aromatic heterocycles. The highest BCUT2D eigenvalue weighted by atomic mass is 35.5. The Morgan fingerprint density at radius 3 is 2.53 bits per heavy atom. The van der Waals surface area contributed by atoms with Gasteiger partial charge in [0.25, 0.3) is 0 Å². The topological polar surface area (TPSA) is 50.6 Å². The number of carbonyl (C=O) groups excluding carboxylic acids is 1. The fourth-order valence-electron chi connectivity index (χ4n) is 3.79. The van der Waals surface area contributed by atoms with Crippen LogP contribution in [0.15, 0.2) is 42.5 Å². The summed E-state index contributed by atoms with van der Waals surface area (Å²) in [5, 5.41) is 5.34. The van der Waals surface area contributed by atoms with Crippen molar-refractivity contribution in [2.24, 2.45) is 0 Å². The average molecular weight is 477 g/mol. The zero-order chi connectivity index (χ0) is 22.8. The molecule has 6 nitrogen and oxygen atoms in total. The van der Waals surface area contributed by atoms with E-state index in [1.165, 1.54) is 6.07 Å². The fourth-order valence-corrected chi connectivity index (χ4v) is 4.22. The molecule has 32 heavy (non-hydrogen) atoms. The minimum Gasteiger partial charge on any atom is -0.495 e. The molecule has 0 atom stereocenters. The molecule has 0 N–H and O–H groups in total. The third-order valence-corrected chi connectivity index (χ3v) is 6.44. The van der Waals surface area contributed by atoms with Gasteiger partial charge in [0.2, 0.25) is 5.91 Å². The maximum Gasteiger partial charge on any atom is 0.244 e. The molecule has 1 saturated heterocycles. The molecular weight excluding hydrogens is 454 g/mol. The van der Waals surface area contributed by atoms with Crippen LogP contribution in [0.5, 0.6) is 5.75 Å². The van der Waals surface area contributed by atoms with E-state index in [1.807, 2.05) is 18.2 Å². The highest BCUT2D eigenvalue weighted by molar-refractivity contribution is 6.33. The highest BCUT2D eigenvalue weighted by Crippen LogP contribution is 2.32. The lowest BCUT2D eigenvalue weighted by Gasteiger charge is -2.36. The van der Waals surface area contributed by atoms with Crippen molar-refractivity contribution < 1.29 is 13.9 Å². The van der Waals surface area contributed by atoms with Gasteiger partial charge in [-0.15, -0.1) is 0 Å². The van der Waals surface area contributed by atoms with Crippen LogP contribution in [0, 0.1) is 12.7 Å². The van der Waals surface area contributed by atoms with Crippen LogP contribution in [0.4, 0.5) is 10.1 Å². The zero-order valence-electron chi connectivity index (χ0n) is 17.8. The Morgan fingerprint density at radius 1 is 1.12 bits per heavy atom. The molecule has 2 heterocycles. The van der Waals surface area contributed by atoms with Crippen molar-refractivity contribution in [2.45, 2.75) is 13.5 Å². The molecule has 0 bridgehead atoms. The van der Waals surface area contributed by atoms with Crippen LogP contribution < -0.4 is 9.64 Å². The number of halogens is 3. The molecule has 0 unspecified atom stereocenters. The highest BCUT2D eigenvalue weighted by Gasteiger charge is 2.24. The summed E-state index contributed by atoms with van der Waals surface area (Å²) in [5.74, 6) is 0.167. The standard InChI is InChI=1S/C23H23Cl2FN4O2/c1-15-22(25)23(17-5-3-4-6-19(17)26)27-30(15)14-21(31)29-11-9-28(10-12-29)16-7-8-18(24)20(13-16)32-2/h3-8,13H,9-12,14H2,1-2H3. The van der Waals surface area contributed by atoms with Crippen molar-refractivity contribution in [1.29, 1.82) is 0 Å². The molecule has 0 saturated carbocycles. The molecule has 3 aromatic rings. The van der Waals surface area contributed by atoms with Crippen LogP contribution >= 0.6 is 23.2 Å². The second kappa shape index (κ2) is 9.38. The number of aromatic nitrogens is 2. The van der Waals surface area contributed by atoms with Gasteiger partial charge in [0.1, 0.15) is 23.8 Å². The molecule has 1 aliphatic heterocycles. The summed E-state index contributed by atoms with van der Waals surface area (Å²) in [7, 11) is 1.59. The van der Waals surface area contributed by atoms with Crippen molar-refractivity contribution in [3.05, 3.63) is 64.0 Å². The molecule has 0 aliphatic carbocycles. The monoisotopic (exact) mass is 476 g/mol. The van der Waals surface area contributed by atoms with E-state index in [-0.39, 0.29) is 12.5 Å². The average Bonchev–Trinajstić information content (AvgIpc) is 3.08. The second-order valence-electron chi connectivity index (χ2n) is 7.57. The summed E-state index contributed by atoms with van der Waals surface area (Å²) in [4.78, 5) is 16.9. The van der Waals surface area contributed by atoms with Crippen LogP contribution in [-0.2, 0) is 11.3 Å². The Morgan fingerprint density at radius 2 is 1.84 bits per heavy atom. The third-order valence-electron chi connectivity index (χ3n) is 5.68. The van der Waals surface area contributed by atoms with Crippen LogP contribution in [0.25, 0.3) is 11.3 Å². The first-order chi connectivity index (χ1) is 15.4. The number of nitrogens with zero attached hydrogens (tertiary/aromatic N) is 4. The predicted octanol–water partition coefficient (Wildman–Crippen LogP) is 4.66. The molecule has 1 aliphatic rings. The van der Waals surface area contributed by atoms with Crippen LogP contribution in [0.3, 0.4) is 0 Å². The number of hydrogen-bond donors (Lipinski definition) is 0. The summed E-state index contributed by atoms with van der Waals surface area (Å²) >= 11 is 12.5. The minimum absolute atomic E-state index is 0.0504. The molecular formula is C23H23Cl2FN4O2. The van der Waals surface area contributed by atoms with E-state index >= 15 is 0 Å². The van der Waals surface area contributed by atoms with E-state index in [2.05, 4.69) is 10.00 Å². The van der Waals surface area contributed by atoms with Gasteiger partial charge in [0, 0.05) is 43.5 Å². The number of hydrogen-bond acceptors (Lipinski definition) is 4. The number of rotatable bonds is 5. The van der Waals surface area contributed by atoms with E-state index in [9.17, 15) is 9.18 Å². The lowest BCUT2D eigenvalue weighted by molar-refractivity contribution is -0.132. The van der Waals surface area contributed by atoms with Gasteiger partial charge in [0.15, 0.2) is 0 Å². The number of piperazine rings is 1. The second-order valence-corrected chi connectivity index (χ2v) is 8.36. The van der Waals surface area contributed by atoms with Crippen LogP contribution in [0.2, 0.25) is 10.0 Å². The Kier molecular flexibility index (Phi) is 6.58. The van der Waals surface area contributed by atoms with Gasteiger partial charge in [-0.05, 0) is 31.2 Å². The van der Waals surface area contributed by atoms with Crippen LogP contribution in [0.1, 0.15) is 5.69 Å². The van der Waals surface area contributed by atoms with Gasteiger partial charge in [-0.3, -0.25) is 9.48 Å². The lowest BCUT2D eigenvalue weighted by atomic mass is 10.1. The van der Waals surface area contributed by atoms with Gasteiger partial charge < -0.3 is 14.5 Å². The smallest absolute Gasteiger partial charge is 0.244 e. The lowest BCUT2D eigenvalue weighted by Crippen LogP contribution is -2.49. The van der Waals surface area contributed by atoms with Gasteiger partial charge in [0.05, 0.1) is 22.8 Å². The molecule has 1 amide bonds. The third kappa shape index (κ3) is 4.40. The molecule has 168 valence electrons. The van der Waals surface area contributed by atoms with Crippen molar-refractivity contribution in [2.75, 3.05) is 38.2 Å². The summed E-state index contributed by atoms with van der Waals surface area (Å²) in [6, 6.07) is 12.0. The van der Waals surface area contributed by atoms with E-state index < -0.39 is 5.82 Å². The molecule has 1 fully saturated rings. The normalized spacial score (nSPS) is 14.0. The summed E-state index contributed by atoms with van der Waals surface area (Å²) < 4.78 is 21.0. The van der Waals surface area contributed by atoms with Crippen molar-refractivity contribution >= 4 is 34.8 Å². The van der Waals surface area contributed by atoms with Gasteiger partial charge in [-0.25, -0.2) is 4.39 Å². The first-order valence-electron chi connectivity index (χ1n) is 10.2. The number of amides is 1. The minimum atomic E-state index is -0.402. The number of ether oxygens (including phenoxy) is 1. The SMILES string of the molecule is COc1cc(N2CCN(C(=O)Cn3nc(-c4ccccc4F)c(Cl)c3C)CC2)ccc1Cl. The number of methoxy groups -OCH3 is 1. The Hall–Kier alpha value is -2.77. The summed E-state index contributed by atoms with van der Waals surface area (Å²) in [6.07, 6.45) is 0. The Bertz CT molecular complexity index is 1140. The molecule has 4 rings (SSSR count). The van der Waals surface area contributed by atoms with Crippen molar-refractivity contribution in [3.63, 3.8) is 0 Å². The van der Waals surface area contributed by atoms with Crippen molar-refractivity contribution in [1.82, 2.24) is 14.7 Å². The quantitative estimate of drug-likeness (QED) is 0.537. The van der Waals surface area contributed by atoms with Gasteiger partial charge >= 0.3 is 0 Å². The van der Waals surface area contributed by atoms with Crippen LogP contribution in [-0.4, -0.2) is 53.9 Å². The maximum absolute atomic E-state index is 14.2. The molecule has 2 aromatic carbocycles. The van der Waals surface area contributed by atoms with Crippen molar-refractivity contribution in [3.8, 4) is 17.0 Å². The molecule has 0 radical (unpaired) electrons. The van der Waals surface area contributed by atoms with Gasteiger partial charge in [-0.2, -0.15) is 5.10 Å². The predicted molar refractivity (Wildman–Crippen MR) is 124 cm³/mol. The fraction of sp³-hybridized carbons (Fsp3) is 0.304. The largest absolute Gasteiger partial charge is 0.495 e. The van der Waals surface area contributed by atoms with E-state index in [0.29, 0.717) is 58.9 Å². The molecule has 0 spiro atoms. The number of benzene rings is 2. The maximum atomic E-state index is 14.2. The van der Waals surface area contributed by atoms with E-state index in [1.54, 1.807) is 41.8 Å². The Labute approximate surface area is 196 Å². The zero-order valence-corrected chi connectivity index (χ0v) is 19.3. The van der Waals surface area contributed by atoms with E-state index in [4.69, 9.17) is 27.9 Å². The Balaban J connectivity index is 1.43. The summed E-state index contributed by atoms with van der Waals surface area (Å²) in [6.45, 7) is 4.37. The number of carbonyl (C=O) groups is 1.